The van der Waals surface area contributed by atoms with E-state index in [0.717, 1.165) is 19.4 Å². The molecule has 22 heavy (non-hydrogen) atoms. The first-order chi connectivity index (χ1) is 10.3. The van der Waals surface area contributed by atoms with Crippen molar-refractivity contribution in [2.24, 2.45) is 0 Å². The minimum atomic E-state index is -3.89. The number of nitro groups is 1. The van der Waals surface area contributed by atoms with Gasteiger partial charge >= 0.3 is 0 Å². The van der Waals surface area contributed by atoms with Gasteiger partial charge in [0.25, 0.3) is 5.69 Å². The zero-order valence-electron chi connectivity index (χ0n) is 12.8. The summed E-state index contributed by atoms with van der Waals surface area (Å²) in [4.78, 5) is 10.2. The number of hydrogen-bond acceptors (Lipinski definition) is 5. The molecule has 8 heteroatoms. The first-order valence-corrected chi connectivity index (χ1v) is 8.78. The Morgan fingerprint density at radius 1 is 1.36 bits per heavy atom. The second-order valence-electron chi connectivity index (χ2n) is 5.64. The van der Waals surface area contributed by atoms with Crippen LogP contribution in [-0.4, -0.2) is 32.5 Å². The predicted octanol–water partition coefficient (Wildman–Crippen LogP) is 1.63. The lowest BCUT2D eigenvalue weighted by Crippen LogP contribution is -2.31. The normalized spacial score (nSPS) is 18.5. The quantitative estimate of drug-likeness (QED) is 0.611. The van der Waals surface area contributed by atoms with Crippen LogP contribution >= 0.6 is 0 Å². The molecule has 1 aliphatic heterocycles. The number of hydrogen-bond donors (Lipinski definition) is 2. The highest BCUT2D eigenvalue weighted by Gasteiger charge is 2.27. The second-order valence-corrected chi connectivity index (χ2v) is 7.38. The molecule has 1 saturated heterocycles. The molecule has 2 N–H and O–H groups in total. The number of nitrogens with one attached hydrogen (secondary N) is 2. The number of aryl methyl sites for hydroxylation is 2. The fraction of sp³-hybridized carbons (Fsp3) is 0.571. The molecule has 1 aromatic rings. The van der Waals surface area contributed by atoms with Crippen LogP contribution in [0.1, 0.15) is 30.4 Å². The van der Waals surface area contributed by atoms with Gasteiger partial charge in [-0.25, -0.2) is 13.1 Å². The van der Waals surface area contributed by atoms with E-state index in [1.54, 1.807) is 13.8 Å². The van der Waals surface area contributed by atoms with Crippen molar-refractivity contribution in [1.29, 1.82) is 0 Å². The van der Waals surface area contributed by atoms with Crippen LogP contribution in [0.4, 0.5) is 5.69 Å². The van der Waals surface area contributed by atoms with Gasteiger partial charge in [0.2, 0.25) is 10.0 Å². The first-order valence-electron chi connectivity index (χ1n) is 7.30. The van der Waals surface area contributed by atoms with Gasteiger partial charge in [0.15, 0.2) is 4.90 Å². The largest absolute Gasteiger partial charge is 0.314 e. The average Bonchev–Trinajstić information content (AvgIpc) is 2.94. The van der Waals surface area contributed by atoms with E-state index in [-0.39, 0.29) is 17.1 Å². The van der Waals surface area contributed by atoms with Gasteiger partial charge in [-0.2, -0.15) is 0 Å². The molecule has 0 unspecified atom stereocenters. The monoisotopic (exact) mass is 327 g/mol. The first kappa shape index (κ1) is 16.9. The van der Waals surface area contributed by atoms with Gasteiger partial charge in [-0.05, 0) is 56.8 Å². The zero-order valence-corrected chi connectivity index (χ0v) is 13.6. The second kappa shape index (κ2) is 6.72. The summed E-state index contributed by atoms with van der Waals surface area (Å²) in [5, 5.41) is 14.4. The van der Waals surface area contributed by atoms with E-state index in [0.29, 0.717) is 23.6 Å². The average molecular weight is 327 g/mol. The Balaban J connectivity index is 2.17. The Kier molecular flexibility index (Phi) is 5.15. The van der Waals surface area contributed by atoms with E-state index in [9.17, 15) is 18.5 Å². The standard InChI is InChI=1S/C14H21N3O4S/c1-10-8-13(17(18)19)14(9-11(10)2)22(20,21)16-7-5-12-4-3-6-15-12/h8-9,12,15-16H,3-7H2,1-2H3/t12-/m1/s1. The number of benzene rings is 1. The highest BCUT2D eigenvalue weighted by atomic mass is 32.2. The molecular formula is C14H21N3O4S. The van der Waals surface area contributed by atoms with Crippen LogP contribution in [0, 0.1) is 24.0 Å². The number of nitrogens with zero attached hydrogens (tertiary/aromatic N) is 1. The van der Waals surface area contributed by atoms with Gasteiger partial charge in [-0.1, -0.05) is 0 Å². The van der Waals surface area contributed by atoms with Crippen LogP contribution in [0.25, 0.3) is 0 Å². The van der Waals surface area contributed by atoms with Gasteiger partial charge in [-0.15, -0.1) is 0 Å². The minimum absolute atomic E-state index is 0.264. The maximum Gasteiger partial charge on any atom is 0.289 e. The molecule has 1 atom stereocenters. The third kappa shape index (κ3) is 3.82. The molecule has 0 bridgehead atoms. The third-order valence-electron chi connectivity index (χ3n) is 4.01. The van der Waals surface area contributed by atoms with Crippen molar-refractivity contribution in [3.63, 3.8) is 0 Å². The van der Waals surface area contributed by atoms with E-state index in [1.165, 1.54) is 12.1 Å². The number of rotatable bonds is 6. The molecule has 1 fully saturated rings. The Morgan fingerprint density at radius 3 is 2.64 bits per heavy atom. The molecule has 122 valence electrons. The van der Waals surface area contributed by atoms with Gasteiger partial charge in [0.1, 0.15) is 0 Å². The van der Waals surface area contributed by atoms with Crippen molar-refractivity contribution in [3.8, 4) is 0 Å². The van der Waals surface area contributed by atoms with Gasteiger partial charge in [0.05, 0.1) is 4.92 Å². The Hall–Kier alpha value is -1.51. The van der Waals surface area contributed by atoms with E-state index < -0.39 is 14.9 Å². The van der Waals surface area contributed by atoms with Gasteiger partial charge in [0, 0.05) is 18.7 Å². The van der Waals surface area contributed by atoms with E-state index in [1.807, 2.05) is 0 Å². The molecule has 1 heterocycles. The molecule has 0 saturated carbocycles. The number of sulfonamides is 1. The highest BCUT2D eigenvalue weighted by Crippen LogP contribution is 2.27. The fourth-order valence-electron chi connectivity index (χ4n) is 2.58. The van der Waals surface area contributed by atoms with Crippen molar-refractivity contribution < 1.29 is 13.3 Å². The summed E-state index contributed by atoms with van der Waals surface area (Å²) < 4.78 is 27.2. The molecule has 2 rings (SSSR count). The molecule has 0 amide bonds. The van der Waals surface area contributed by atoms with Gasteiger partial charge in [-0.3, -0.25) is 10.1 Å². The lowest BCUT2D eigenvalue weighted by molar-refractivity contribution is -0.387. The SMILES string of the molecule is Cc1cc([N+](=O)[O-])c(S(=O)(=O)NCC[C@H]2CCCN2)cc1C. The smallest absolute Gasteiger partial charge is 0.289 e. The molecule has 1 aromatic carbocycles. The zero-order chi connectivity index (χ0) is 16.3. The van der Waals surface area contributed by atoms with Crippen LogP contribution in [0.15, 0.2) is 17.0 Å². The summed E-state index contributed by atoms with van der Waals surface area (Å²) in [7, 11) is -3.89. The highest BCUT2D eigenvalue weighted by molar-refractivity contribution is 7.89. The van der Waals surface area contributed by atoms with Crippen LogP contribution in [0.5, 0.6) is 0 Å². The molecule has 7 nitrogen and oxygen atoms in total. The van der Waals surface area contributed by atoms with Crippen molar-refractivity contribution >= 4 is 15.7 Å². The summed E-state index contributed by atoms with van der Waals surface area (Å²) in [5.41, 5.74) is 1.03. The van der Waals surface area contributed by atoms with Crippen molar-refractivity contribution in [2.45, 2.75) is 44.0 Å². The van der Waals surface area contributed by atoms with Crippen LogP contribution in [0.3, 0.4) is 0 Å². The molecule has 1 aliphatic rings. The summed E-state index contributed by atoms with van der Waals surface area (Å²) in [6.07, 6.45) is 2.81. The molecule has 0 aliphatic carbocycles. The van der Waals surface area contributed by atoms with E-state index in [4.69, 9.17) is 0 Å². The van der Waals surface area contributed by atoms with Crippen molar-refractivity contribution in [3.05, 3.63) is 33.4 Å². The lowest BCUT2D eigenvalue weighted by atomic mass is 10.1. The van der Waals surface area contributed by atoms with Crippen LogP contribution in [0.2, 0.25) is 0 Å². The molecule has 0 aromatic heterocycles. The summed E-state index contributed by atoms with van der Waals surface area (Å²) in [6, 6.07) is 2.99. The fourth-order valence-corrected chi connectivity index (χ4v) is 3.86. The summed E-state index contributed by atoms with van der Waals surface area (Å²) in [6.45, 7) is 4.68. The van der Waals surface area contributed by atoms with Crippen LogP contribution < -0.4 is 10.0 Å². The minimum Gasteiger partial charge on any atom is -0.314 e. The van der Waals surface area contributed by atoms with E-state index in [2.05, 4.69) is 10.0 Å². The number of nitro benzene ring substituents is 1. The van der Waals surface area contributed by atoms with Crippen molar-refractivity contribution in [2.75, 3.05) is 13.1 Å². The maximum atomic E-state index is 12.4. The maximum absolute atomic E-state index is 12.4. The van der Waals surface area contributed by atoms with Crippen molar-refractivity contribution in [1.82, 2.24) is 10.0 Å². The van der Waals surface area contributed by atoms with E-state index >= 15 is 0 Å². The molecule has 0 spiro atoms. The molecule has 0 radical (unpaired) electrons. The predicted molar refractivity (Wildman–Crippen MR) is 83.4 cm³/mol. The third-order valence-corrected chi connectivity index (χ3v) is 5.50. The summed E-state index contributed by atoms with van der Waals surface area (Å²) in [5.74, 6) is 0. The molecular weight excluding hydrogens is 306 g/mol. The van der Waals surface area contributed by atoms with Crippen LogP contribution in [-0.2, 0) is 10.0 Å². The Morgan fingerprint density at radius 2 is 2.05 bits per heavy atom. The summed E-state index contributed by atoms with van der Waals surface area (Å²) >= 11 is 0. The Bertz CT molecular complexity index is 667. The van der Waals surface area contributed by atoms with Gasteiger partial charge < -0.3 is 5.32 Å². The Labute approximate surface area is 130 Å². The topological polar surface area (TPSA) is 101 Å². The lowest BCUT2D eigenvalue weighted by Gasteiger charge is -2.12.